The van der Waals surface area contributed by atoms with E-state index < -0.39 is 22.4 Å². The van der Waals surface area contributed by atoms with Crippen LogP contribution in [0.5, 0.6) is 17.2 Å². The van der Waals surface area contributed by atoms with Gasteiger partial charge in [-0.15, -0.1) is 0 Å². The molecule has 0 atom stereocenters. The molecule has 0 heterocycles. The summed E-state index contributed by atoms with van der Waals surface area (Å²) in [6, 6.07) is 5.95. The number of benzene rings is 2. The zero-order valence-corrected chi connectivity index (χ0v) is 14.3. The first-order valence-electron chi connectivity index (χ1n) is 7.31. The van der Waals surface area contributed by atoms with Gasteiger partial charge in [-0.1, -0.05) is 0 Å². The number of nitrogens with zero attached hydrogens (tertiary/aromatic N) is 1. The molecule has 0 amide bonds. The zero-order valence-electron chi connectivity index (χ0n) is 14.3. The molecular weight excluding hydrogens is 349 g/mol. The van der Waals surface area contributed by atoms with Crippen molar-refractivity contribution in [3.05, 3.63) is 57.4 Å². The SMILES string of the molecule is COc1ccc(F)cc1COC(=O)c1cc(OC)c(OC)cc1[N+](=O)[O-]. The number of nitro groups is 1. The van der Waals surface area contributed by atoms with Crippen LogP contribution in [0.15, 0.2) is 30.3 Å². The highest BCUT2D eigenvalue weighted by Crippen LogP contribution is 2.35. The van der Waals surface area contributed by atoms with Gasteiger partial charge in [-0.05, 0) is 18.2 Å². The molecule has 0 aliphatic heterocycles. The monoisotopic (exact) mass is 365 g/mol. The number of rotatable bonds is 7. The molecule has 2 aromatic carbocycles. The Bertz CT molecular complexity index is 838. The molecule has 9 heteroatoms. The van der Waals surface area contributed by atoms with Crippen molar-refractivity contribution in [2.75, 3.05) is 21.3 Å². The van der Waals surface area contributed by atoms with Gasteiger partial charge < -0.3 is 18.9 Å². The molecule has 138 valence electrons. The molecule has 8 nitrogen and oxygen atoms in total. The zero-order chi connectivity index (χ0) is 19.3. The minimum absolute atomic E-state index is 0.0996. The molecule has 0 aliphatic rings. The van der Waals surface area contributed by atoms with Gasteiger partial charge in [0.25, 0.3) is 5.69 Å². The smallest absolute Gasteiger partial charge is 0.345 e. The number of carbonyl (C=O) groups excluding carboxylic acids is 1. The summed E-state index contributed by atoms with van der Waals surface area (Å²) in [7, 11) is 4.03. The fraction of sp³-hybridized carbons (Fsp3) is 0.235. The Hall–Kier alpha value is -3.36. The van der Waals surface area contributed by atoms with E-state index in [2.05, 4.69) is 0 Å². The van der Waals surface area contributed by atoms with Crippen molar-refractivity contribution < 1.29 is 33.1 Å². The maximum Gasteiger partial charge on any atom is 0.345 e. The first-order chi connectivity index (χ1) is 12.4. The lowest BCUT2D eigenvalue weighted by Gasteiger charge is -2.12. The van der Waals surface area contributed by atoms with Crippen LogP contribution in [0.3, 0.4) is 0 Å². The minimum atomic E-state index is -0.969. The van der Waals surface area contributed by atoms with E-state index in [-0.39, 0.29) is 29.2 Å². The molecule has 0 aromatic heterocycles. The van der Waals surface area contributed by atoms with Gasteiger partial charge in [-0.3, -0.25) is 10.1 Å². The first-order valence-corrected chi connectivity index (χ1v) is 7.31. The molecule has 0 bridgehead atoms. The first kappa shape index (κ1) is 19.0. The molecule has 0 fully saturated rings. The maximum atomic E-state index is 13.4. The normalized spacial score (nSPS) is 10.2. The van der Waals surface area contributed by atoms with Gasteiger partial charge in [-0.2, -0.15) is 0 Å². The fourth-order valence-electron chi connectivity index (χ4n) is 2.26. The molecule has 0 aliphatic carbocycles. The van der Waals surface area contributed by atoms with E-state index in [1.807, 2.05) is 0 Å². The van der Waals surface area contributed by atoms with E-state index >= 15 is 0 Å². The van der Waals surface area contributed by atoms with Crippen molar-refractivity contribution in [2.24, 2.45) is 0 Å². The summed E-state index contributed by atoms with van der Waals surface area (Å²) in [5, 5.41) is 11.2. The third-order valence-corrected chi connectivity index (χ3v) is 3.52. The molecule has 0 radical (unpaired) electrons. The number of hydrogen-bond donors (Lipinski definition) is 0. The van der Waals surface area contributed by atoms with Gasteiger partial charge >= 0.3 is 5.97 Å². The van der Waals surface area contributed by atoms with Gasteiger partial charge in [0.05, 0.1) is 32.3 Å². The molecular formula is C17H16FNO7. The van der Waals surface area contributed by atoms with E-state index in [0.717, 1.165) is 18.2 Å². The van der Waals surface area contributed by atoms with Crippen LogP contribution >= 0.6 is 0 Å². The lowest BCUT2D eigenvalue weighted by molar-refractivity contribution is -0.385. The Kier molecular flexibility index (Phi) is 5.94. The third-order valence-electron chi connectivity index (χ3n) is 3.52. The minimum Gasteiger partial charge on any atom is -0.496 e. The second kappa shape index (κ2) is 8.15. The molecule has 0 N–H and O–H groups in total. The predicted octanol–water partition coefficient (Wildman–Crippen LogP) is 3.12. The van der Waals surface area contributed by atoms with Crippen LogP contribution in [0.4, 0.5) is 10.1 Å². The van der Waals surface area contributed by atoms with Crippen LogP contribution in [0.1, 0.15) is 15.9 Å². The summed E-state index contributed by atoms with van der Waals surface area (Å²) in [6.45, 7) is -0.328. The third kappa shape index (κ3) is 4.00. The highest BCUT2D eigenvalue weighted by molar-refractivity contribution is 5.95. The van der Waals surface area contributed by atoms with Crippen molar-refractivity contribution in [1.82, 2.24) is 0 Å². The lowest BCUT2D eigenvalue weighted by Crippen LogP contribution is -2.10. The lowest BCUT2D eigenvalue weighted by atomic mass is 10.1. The second-order valence-corrected chi connectivity index (χ2v) is 5.01. The largest absolute Gasteiger partial charge is 0.496 e. The summed E-state index contributed by atoms with van der Waals surface area (Å²) in [5.41, 5.74) is -0.536. The van der Waals surface area contributed by atoms with Gasteiger partial charge in [-0.25, -0.2) is 9.18 Å². The average Bonchev–Trinajstić information content (AvgIpc) is 2.64. The topological polar surface area (TPSA) is 97.1 Å². The Labute approximate surface area is 148 Å². The van der Waals surface area contributed by atoms with E-state index in [0.29, 0.717) is 5.75 Å². The van der Waals surface area contributed by atoms with E-state index in [1.54, 1.807) is 0 Å². The number of nitro benzene ring substituents is 1. The van der Waals surface area contributed by atoms with Gasteiger partial charge in [0, 0.05) is 11.6 Å². The van der Waals surface area contributed by atoms with Crippen LogP contribution in [0.2, 0.25) is 0 Å². The number of carbonyl (C=O) groups is 1. The molecule has 0 saturated heterocycles. The van der Waals surface area contributed by atoms with E-state index in [4.69, 9.17) is 18.9 Å². The van der Waals surface area contributed by atoms with Gasteiger partial charge in [0.1, 0.15) is 23.7 Å². The number of esters is 1. The van der Waals surface area contributed by atoms with Crippen LogP contribution in [0.25, 0.3) is 0 Å². The standard InChI is InChI=1S/C17H16FNO7/c1-23-14-5-4-11(18)6-10(14)9-26-17(20)12-7-15(24-2)16(25-3)8-13(12)19(21)22/h4-8H,9H2,1-3H3. The number of hydrogen-bond acceptors (Lipinski definition) is 7. The summed E-state index contributed by atoms with van der Waals surface area (Å²) >= 11 is 0. The number of halogens is 1. The average molecular weight is 365 g/mol. The van der Waals surface area contributed by atoms with Gasteiger partial charge in [0.15, 0.2) is 11.5 Å². The fourth-order valence-corrected chi connectivity index (χ4v) is 2.26. The van der Waals surface area contributed by atoms with Gasteiger partial charge in [0.2, 0.25) is 0 Å². The highest BCUT2D eigenvalue weighted by atomic mass is 19.1. The van der Waals surface area contributed by atoms with Crippen molar-refractivity contribution in [2.45, 2.75) is 6.61 Å². The number of ether oxygens (including phenoxy) is 4. The summed E-state index contributed by atoms with van der Waals surface area (Å²) in [6.07, 6.45) is 0. The highest BCUT2D eigenvalue weighted by Gasteiger charge is 2.26. The molecule has 2 aromatic rings. The molecule has 2 rings (SSSR count). The van der Waals surface area contributed by atoms with Crippen LogP contribution in [-0.4, -0.2) is 32.2 Å². The molecule has 0 spiro atoms. The Morgan fingerprint density at radius 2 is 1.65 bits per heavy atom. The Balaban J connectivity index is 2.32. The second-order valence-electron chi connectivity index (χ2n) is 5.01. The van der Waals surface area contributed by atoms with Crippen LogP contribution < -0.4 is 14.2 Å². The maximum absolute atomic E-state index is 13.4. The Morgan fingerprint density at radius 3 is 2.23 bits per heavy atom. The number of methoxy groups -OCH3 is 3. The Morgan fingerprint density at radius 1 is 1.04 bits per heavy atom. The molecule has 0 unspecified atom stereocenters. The van der Waals surface area contributed by atoms with Crippen LogP contribution in [0, 0.1) is 15.9 Å². The summed E-state index contributed by atoms with van der Waals surface area (Å²) in [5.74, 6) is -0.949. The van der Waals surface area contributed by atoms with E-state index in [9.17, 15) is 19.3 Å². The van der Waals surface area contributed by atoms with E-state index in [1.165, 1.54) is 33.5 Å². The van der Waals surface area contributed by atoms with Crippen LogP contribution in [-0.2, 0) is 11.3 Å². The van der Waals surface area contributed by atoms with Crippen molar-refractivity contribution in [3.8, 4) is 17.2 Å². The molecule has 26 heavy (non-hydrogen) atoms. The van der Waals surface area contributed by atoms with Crippen molar-refractivity contribution in [1.29, 1.82) is 0 Å². The predicted molar refractivity (Wildman–Crippen MR) is 88.3 cm³/mol. The van der Waals surface area contributed by atoms with Crippen molar-refractivity contribution >= 4 is 11.7 Å². The quantitative estimate of drug-likeness (QED) is 0.422. The molecule has 0 saturated carbocycles. The summed E-state index contributed by atoms with van der Waals surface area (Å²) < 4.78 is 33.6. The summed E-state index contributed by atoms with van der Waals surface area (Å²) in [4.78, 5) is 22.8. The van der Waals surface area contributed by atoms with Crippen molar-refractivity contribution in [3.63, 3.8) is 0 Å².